The van der Waals surface area contributed by atoms with Crippen molar-refractivity contribution in [1.29, 1.82) is 0 Å². The van der Waals surface area contributed by atoms with Crippen molar-refractivity contribution in [3.8, 4) is 6.01 Å². The topological polar surface area (TPSA) is 98.3 Å². The standard InChI is InChI=1S/C21H24N6O3/c1-2-29-21-24-19(22-10-16-5-4-8-30-16)23-20(25-21)26-11-14-9-15(13-26)17-6-3-7-18(28)27(17)12-14/h3-8,14-15H,2,9-13H2,1H3,(H,22,23,24,25)/t14-,15-/m0/s1. The lowest BCUT2D eigenvalue weighted by molar-refractivity contribution is 0.277. The van der Waals surface area contributed by atoms with Crippen molar-refractivity contribution in [1.82, 2.24) is 19.5 Å². The van der Waals surface area contributed by atoms with Gasteiger partial charge in [0.2, 0.25) is 11.9 Å². The molecule has 0 aromatic carbocycles. The number of hydrogen-bond donors (Lipinski definition) is 1. The summed E-state index contributed by atoms with van der Waals surface area (Å²) in [4.78, 5) is 28.0. The molecule has 1 fully saturated rings. The Hall–Kier alpha value is -3.36. The van der Waals surface area contributed by atoms with Crippen LogP contribution in [0.25, 0.3) is 0 Å². The summed E-state index contributed by atoms with van der Waals surface area (Å²) in [6.45, 7) is 5.14. The van der Waals surface area contributed by atoms with E-state index in [0.717, 1.165) is 37.5 Å². The molecule has 30 heavy (non-hydrogen) atoms. The van der Waals surface area contributed by atoms with Gasteiger partial charge in [-0.3, -0.25) is 4.79 Å². The zero-order chi connectivity index (χ0) is 20.5. The van der Waals surface area contributed by atoms with Gasteiger partial charge in [0.25, 0.3) is 5.56 Å². The number of furan rings is 1. The minimum atomic E-state index is 0.0823. The Balaban J connectivity index is 1.41. The smallest absolute Gasteiger partial charge is 0.323 e. The van der Waals surface area contributed by atoms with Gasteiger partial charge < -0.3 is 23.9 Å². The first-order valence-electron chi connectivity index (χ1n) is 10.3. The van der Waals surface area contributed by atoms with Crippen molar-refractivity contribution >= 4 is 11.9 Å². The fourth-order valence-corrected chi connectivity index (χ4v) is 4.40. The summed E-state index contributed by atoms with van der Waals surface area (Å²) in [7, 11) is 0. The average molecular weight is 408 g/mol. The van der Waals surface area contributed by atoms with Gasteiger partial charge in [0.05, 0.1) is 19.4 Å². The van der Waals surface area contributed by atoms with Crippen molar-refractivity contribution in [2.24, 2.45) is 5.92 Å². The number of ether oxygens (including phenoxy) is 1. The fourth-order valence-electron chi connectivity index (χ4n) is 4.40. The zero-order valence-corrected chi connectivity index (χ0v) is 16.8. The highest BCUT2D eigenvalue weighted by atomic mass is 16.5. The van der Waals surface area contributed by atoms with E-state index in [1.165, 1.54) is 0 Å². The first-order chi connectivity index (χ1) is 14.7. The number of piperidine rings is 1. The summed E-state index contributed by atoms with van der Waals surface area (Å²) in [5.74, 6) is 2.50. The summed E-state index contributed by atoms with van der Waals surface area (Å²) in [6, 6.07) is 9.58. The van der Waals surface area contributed by atoms with Crippen molar-refractivity contribution in [2.75, 3.05) is 29.9 Å². The minimum absolute atomic E-state index is 0.0823. The number of aromatic nitrogens is 4. The Kier molecular flexibility index (Phi) is 4.86. The molecule has 156 valence electrons. The number of anilines is 2. The number of fused-ring (bicyclic) bond motifs is 4. The predicted octanol–water partition coefficient (Wildman–Crippen LogP) is 2.26. The van der Waals surface area contributed by atoms with Gasteiger partial charge in [-0.1, -0.05) is 6.07 Å². The molecule has 3 aromatic heterocycles. The average Bonchev–Trinajstić information content (AvgIpc) is 3.27. The van der Waals surface area contributed by atoms with Crippen LogP contribution in [-0.2, 0) is 13.1 Å². The van der Waals surface area contributed by atoms with E-state index in [2.05, 4.69) is 31.2 Å². The molecule has 0 saturated carbocycles. The SMILES string of the molecule is CCOc1nc(NCc2ccco2)nc(N2C[C@@H]3C[C@@H](C2)c2cccc(=O)n2C3)n1. The van der Waals surface area contributed by atoms with Crippen molar-refractivity contribution < 1.29 is 9.15 Å². The molecule has 0 radical (unpaired) electrons. The van der Waals surface area contributed by atoms with Crippen LogP contribution in [0.2, 0.25) is 0 Å². The summed E-state index contributed by atoms with van der Waals surface area (Å²) in [5.41, 5.74) is 1.18. The van der Waals surface area contributed by atoms with E-state index >= 15 is 0 Å². The number of nitrogens with zero attached hydrogens (tertiary/aromatic N) is 5. The third kappa shape index (κ3) is 3.62. The largest absolute Gasteiger partial charge is 0.467 e. The molecule has 5 rings (SSSR count). The molecule has 1 saturated heterocycles. The van der Waals surface area contributed by atoms with E-state index in [0.29, 0.717) is 37.0 Å². The second-order valence-corrected chi connectivity index (χ2v) is 7.71. The van der Waals surface area contributed by atoms with E-state index in [-0.39, 0.29) is 11.5 Å². The Labute approximate surface area is 173 Å². The highest BCUT2D eigenvalue weighted by molar-refractivity contribution is 5.40. The molecule has 5 heterocycles. The van der Waals surface area contributed by atoms with Crippen LogP contribution in [0.4, 0.5) is 11.9 Å². The molecule has 3 aromatic rings. The first-order valence-corrected chi connectivity index (χ1v) is 10.3. The van der Waals surface area contributed by atoms with Gasteiger partial charge in [0, 0.05) is 37.3 Å². The second-order valence-electron chi connectivity index (χ2n) is 7.71. The molecule has 0 unspecified atom stereocenters. The molecule has 2 atom stereocenters. The maximum atomic E-state index is 12.3. The van der Waals surface area contributed by atoms with Crippen LogP contribution in [-0.4, -0.2) is 39.2 Å². The van der Waals surface area contributed by atoms with E-state index < -0.39 is 0 Å². The van der Waals surface area contributed by atoms with Crippen LogP contribution in [0, 0.1) is 5.92 Å². The van der Waals surface area contributed by atoms with Crippen LogP contribution in [0.1, 0.15) is 30.7 Å². The van der Waals surface area contributed by atoms with Crippen LogP contribution < -0.4 is 20.5 Å². The number of pyridine rings is 1. The summed E-state index contributed by atoms with van der Waals surface area (Å²) in [5, 5.41) is 3.19. The lowest BCUT2D eigenvalue weighted by Gasteiger charge is -2.42. The van der Waals surface area contributed by atoms with Crippen molar-refractivity contribution in [3.05, 3.63) is 58.4 Å². The predicted molar refractivity (Wildman–Crippen MR) is 111 cm³/mol. The Bertz CT molecular complexity index is 1080. The van der Waals surface area contributed by atoms with E-state index in [9.17, 15) is 4.79 Å². The van der Waals surface area contributed by atoms with Gasteiger partial charge in [0.15, 0.2) is 0 Å². The van der Waals surface area contributed by atoms with Crippen LogP contribution in [0.5, 0.6) is 6.01 Å². The normalized spacial score (nSPS) is 20.0. The molecule has 2 bridgehead atoms. The van der Waals surface area contributed by atoms with Gasteiger partial charge in [-0.05, 0) is 37.5 Å². The monoisotopic (exact) mass is 408 g/mol. The Morgan fingerprint density at radius 2 is 2.10 bits per heavy atom. The number of rotatable bonds is 6. The Morgan fingerprint density at radius 3 is 2.93 bits per heavy atom. The third-order valence-electron chi connectivity index (χ3n) is 5.64. The molecule has 1 N–H and O–H groups in total. The Morgan fingerprint density at radius 1 is 1.17 bits per heavy atom. The quantitative estimate of drug-likeness (QED) is 0.663. The van der Waals surface area contributed by atoms with Crippen LogP contribution in [0.15, 0.2) is 45.8 Å². The minimum Gasteiger partial charge on any atom is -0.467 e. The lowest BCUT2D eigenvalue weighted by atomic mass is 9.83. The maximum absolute atomic E-state index is 12.3. The van der Waals surface area contributed by atoms with Crippen molar-refractivity contribution in [3.63, 3.8) is 0 Å². The van der Waals surface area contributed by atoms with Crippen LogP contribution in [0.3, 0.4) is 0 Å². The van der Waals surface area contributed by atoms with Crippen molar-refractivity contribution in [2.45, 2.75) is 32.4 Å². The molecule has 0 amide bonds. The number of nitrogens with one attached hydrogen (secondary N) is 1. The highest BCUT2D eigenvalue weighted by Gasteiger charge is 2.35. The second kappa shape index (κ2) is 7.81. The molecule has 0 spiro atoms. The highest BCUT2D eigenvalue weighted by Crippen LogP contribution is 2.36. The molecular weight excluding hydrogens is 384 g/mol. The number of hydrogen-bond acceptors (Lipinski definition) is 8. The van der Waals surface area contributed by atoms with Crippen LogP contribution >= 0.6 is 0 Å². The lowest BCUT2D eigenvalue weighted by Crippen LogP contribution is -2.47. The zero-order valence-electron chi connectivity index (χ0n) is 16.8. The first kappa shape index (κ1) is 18.7. The summed E-state index contributed by atoms with van der Waals surface area (Å²) in [6.07, 6.45) is 2.71. The fraction of sp³-hybridized carbons (Fsp3) is 0.429. The van der Waals surface area contributed by atoms with Gasteiger partial charge >= 0.3 is 6.01 Å². The van der Waals surface area contributed by atoms with E-state index in [1.807, 2.05) is 29.7 Å². The molecule has 2 aliphatic heterocycles. The van der Waals surface area contributed by atoms with Gasteiger partial charge in [-0.25, -0.2) is 0 Å². The van der Waals surface area contributed by atoms with Gasteiger partial charge in [0.1, 0.15) is 5.76 Å². The molecule has 9 heteroatoms. The summed E-state index contributed by atoms with van der Waals surface area (Å²) < 4.78 is 12.9. The summed E-state index contributed by atoms with van der Waals surface area (Å²) >= 11 is 0. The third-order valence-corrected chi connectivity index (χ3v) is 5.64. The van der Waals surface area contributed by atoms with Gasteiger partial charge in [-0.2, -0.15) is 15.0 Å². The van der Waals surface area contributed by atoms with Gasteiger partial charge in [-0.15, -0.1) is 0 Å². The molecular formula is C21H24N6O3. The molecule has 0 aliphatic carbocycles. The van der Waals surface area contributed by atoms with E-state index in [1.54, 1.807) is 12.3 Å². The maximum Gasteiger partial charge on any atom is 0.323 e. The van der Waals surface area contributed by atoms with E-state index in [4.69, 9.17) is 9.15 Å². The molecule has 9 nitrogen and oxygen atoms in total. The molecule has 2 aliphatic rings.